The predicted octanol–water partition coefficient (Wildman–Crippen LogP) is 3.40. The maximum atomic E-state index is 5.24. The summed E-state index contributed by atoms with van der Waals surface area (Å²) >= 11 is 3.66. The van der Waals surface area contributed by atoms with E-state index < -0.39 is 0 Å². The minimum Gasteiger partial charge on any atom is -0.383 e. The highest BCUT2D eigenvalue weighted by atomic mass is 79.9. The number of hydrogen-bond donors (Lipinski definition) is 0. The van der Waals surface area contributed by atoms with E-state index in [0.717, 1.165) is 42.3 Å². The standard InChI is InChI=1S/C14H28BrNO/c1-11(2)14(9-15)10-16(7-8-17-4)12(3)13-5-6-13/h11-14H,5-10H2,1-4H3. The van der Waals surface area contributed by atoms with Gasteiger partial charge in [0.05, 0.1) is 6.61 Å². The Morgan fingerprint density at radius 3 is 2.35 bits per heavy atom. The van der Waals surface area contributed by atoms with Crippen molar-refractivity contribution >= 4 is 15.9 Å². The first kappa shape index (κ1) is 15.5. The van der Waals surface area contributed by atoms with E-state index in [4.69, 9.17) is 4.74 Å². The van der Waals surface area contributed by atoms with E-state index in [1.54, 1.807) is 7.11 Å². The number of methoxy groups -OCH3 is 1. The molecule has 1 saturated carbocycles. The largest absolute Gasteiger partial charge is 0.383 e. The topological polar surface area (TPSA) is 12.5 Å². The fourth-order valence-electron chi connectivity index (χ4n) is 2.29. The first-order valence-corrected chi connectivity index (χ1v) is 8.01. The van der Waals surface area contributed by atoms with Crippen molar-refractivity contribution in [1.29, 1.82) is 0 Å². The molecule has 0 aromatic rings. The molecular weight excluding hydrogens is 278 g/mol. The Hall–Kier alpha value is 0.400. The monoisotopic (exact) mass is 305 g/mol. The van der Waals surface area contributed by atoms with Crippen molar-refractivity contribution in [1.82, 2.24) is 4.90 Å². The van der Waals surface area contributed by atoms with E-state index in [-0.39, 0.29) is 0 Å². The van der Waals surface area contributed by atoms with Gasteiger partial charge in [0, 0.05) is 31.6 Å². The molecule has 0 heterocycles. The number of halogens is 1. The number of nitrogens with zero attached hydrogens (tertiary/aromatic N) is 1. The molecule has 2 nitrogen and oxygen atoms in total. The lowest BCUT2D eigenvalue weighted by Crippen LogP contribution is -2.41. The molecule has 1 aliphatic carbocycles. The van der Waals surface area contributed by atoms with Crippen molar-refractivity contribution < 1.29 is 4.74 Å². The third-order valence-corrected chi connectivity index (χ3v) is 4.90. The lowest BCUT2D eigenvalue weighted by atomic mass is 9.96. The zero-order chi connectivity index (χ0) is 12.8. The second-order valence-corrected chi connectivity index (χ2v) is 6.37. The number of alkyl halides is 1. The molecule has 0 saturated heterocycles. The Balaban J connectivity index is 2.48. The first-order chi connectivity index (χ1) is 8.10. The molecule has 0 aliphatic heterocycles. The molecule has 0 N–H and O–H groups in total. The van der Waals surface area contributed by atoms with Crippen LogP contribution >= 0.6 is 15.9 Å². The third kappa shape index (κ3) is 5.27. The summed E-state index contributed by atoms with van der Waals surface area (Å²) in [4.78, 5) is 2.63. The van der Waals surface area contributed by atoms with Crippen molar-refractivity contribution in [3.63, 3.8) is 0 Å². The molecule has 0 spiro atoms. The van der Waals surface area contributed by atoms with Gasteiger partial charge in [-0.25, -0.2) is 0 Å². The highest BCUT2D eigenvalue weighted by Gasteiger charge is 2.32. The first-order valence-electron chi connectivity index (χ1n) is 6.89. The lowest BCUT2D eigenvalue weighted by Gasteiger charge is -2.33. The van der Waals surface area contributed by atoms with Crippen LogP contribution < -0.4 is 0 Å². The maximum Gasteiger partial charge on any atom is 0.0589 e. The van der Waals surface area contributed by atoms with E-state index in [9.17, 15) is 0 Å². The van der Waals surface area contributed by atoms with Crippen LogP contribution in [0.3, 0.4) is 0 Å². The SMILES string of the molecule is COCCN(CC(CBr)C(C)C)C(C)C1CC1. The summed E-state index contributed by atoms with van der Waals surface area (Å²) in [6.45, 7) is 10.2. The smallest absolute Gasteiger partial charge is 0.0589 e. The minimum absolute atomic E-state index is 0.727. The van der Waals surface area contributed by atoms with Crippen molar-refractivity contribution in [3.8, 4) is 0 Å². The third-order valence-electron chi connectivity index (χ3n) is 4.07. The quantitative estimate of drug-likeness (QED) is 0.605. The summed E-state index contributed by atoms with van der Waals surface area (Å²) in [6.07, 6.45) is 2.84. The molecule has 0 amide bonds. The van der Waals surface area contributed by atoms with Crippen molar-refractivity contribution in [2.75, 3.05) is 32.1 Å². The average Bonchev–Trinajstić information content (AvgIpc) is 3.12. The fourth-order valence-corrected chi connectivity index (χ4v) is 3.24. The van der Waals surface area contributed by atoms with Crippen LogP contribution in [-0.2, 0) is 4.74 Å². The predicted molar refractivity (Wildman–Crippen MR) is 77.8 cm³/mol. The second kappa shape index (κ2) is 7.75. The highest BCUT2D eigenvalue weighted by molar-refractivity contribution is 9.09. The summed E-state index contributed by atoms with van der Waals surface area (Å²) in [5, 5.41) is 1.10. The Bertz CT molecular complexity index is 206. The van der Waals surface area contributed by atoms with Gasteiger partial charge in [0.2, 0.25) is 0 Å². The van der Waals surface area contributed by atoms with Crippen LogP contribution in [0.5, 0.6) is 0 Å². The lowest BCUT2D eigenvalue weighted by molar-refractivity contribution is 0.0991. The van der Waals surface area contributed by atoms with Crippen LogP contribution in [0.4, 0.5) is 0 Å². The summed E-state index contributed by atoms with van der Waals surface area (Å²) in [6, 6.07) is 0.727. The van der Waals surface area contributed by atoms with Crippen LogP contribution in [0.2, 0.25) is 0 Å². The zero-order valence-electron chi connectivity index (χ0n) is 11.8. The molecule has 1 rings (SSSR count). The van der Waals surface area contributed by atoms with Crippen LogP contribution in [0.1, 0.15) is 33.6 Å². The van der Waals surface area contributed by atoms with Gasteiger partial charge < -0.3 is 4.74 Å². The van der Waals surface area contributed by atoms with Gasteiger partial charge in [-0.2, -0.15) is 0 Å². The molecule has 2 unspecified atom stereocenters. The summed E-state index contributed by atoms with van der Waals surface area (Å²) < 4.78 is 5.24. The highest BCUT2D eigenvalue weighted by Crippen LogP contribution is 2.35. The van der Waals surface area contributed by atoms with Gasteiger partial charge in [-0.3, -0.25) is 4.90 Å². The van der Waals surface area contributed by atoms with Crippen molar-refractivity contribution in [2.45, 2.75) is 39.7 Å². The normalized spacial score (nSPS) is 19.9. The Morgan fingerprint density at radius 1 is 1.29 bits per heavy atom. The van der Waals surface area contributed by atoms with Crippen LogP contribution in [0.15, 0.2) is 0 Å². The molecule has 102 valence electrons. The minimum atomic E-state index is 0.727. The number of ether oxygens (including phenoxy) is 1. The molecular formula is C14H28BrNO. The molecule has 0 aromatic heterocycles. The molecule has 0 radical (unpaired) electrons. The number of hydrogen-bond acceptors (Lipinski definition) is 2. The van der Waals surface area contributed by atoms with E-state index in [2.05, 4.69) is 41.6 Å². The summed E-state index contributed by atoms with van der Waals surface area (Å²) in [7, 11) is 1.80. The zero-order valence-corrected chi connectivity index (χ0v) is 13.4. The van der Waals surface area contributed by atoms with Crippen LogP contribution in [-0.4, -0.2) is 43.1 Å². The van der Waals surface area contributed by atoms with Crippen molar-refractivity contribution in [3.05, 3.63) is 0 Å². The average molecular weight is 306 g/mol. The van der Waals surface area contributed by atoms with E-state index >= 15 is 0 Å². The molecule has 0 aromatic carbocycles. The summed E-state index contributed by atoms with van der Waals surface area (Å²) in [5.41, 5.74) is 0. The fraction of sp³-hybridized carbons (Fsp3) is 1.00. The molecule has 0 bridgehead atoms. The molecule has 3 heteroatoms. The van der Waals surface area contributed by atoms with Gasteiger partial charge in [0.1, 0.15) is 0 Å². The summed E-state index contributed by atoms with van der Waals surface area (Å²) in [5.74, 6) is 2.42. The molecule has 1 aliphatic rings. The van der Waals surface area contributed by atoms with E-state index in [0.29, 0.717) is 0 Å². The molecule has 1 fully saturated rings. The van der Waals surface area contributed by atoms with E-state index in [1.807, 2.05) is 0 Å². The van der Waals surface area contributed by atoms with Gasteiger partial charge >= 0.3 is 0 Å². The molecule has 17 heavy (non-hydrogen) atoms. The van der Waals surface area contributed by atoms with Gasteiger partial charge in [0.15, 0.2) is 0 Å². The van der Waals surface area contributed by atoms with E-state index in [1.165, 1.54) is 19.4 Å². The van der Waals surface area contributed by atoms with Gasteiger partial charge in [0.25, 0.3) is 0 Å². The van der Waals surface area contributed by atoms with Gasteiger partial charge in [-0.15, -0.1) is 0 Å². The van der Waals surface area contributed by atoms with Gasteiger partial charge in [-0.1, -0.05) is 29.8 Å². The van der Waals surface area contributed by atoms with Crippen LogP contribution in [0, 0.1) is 17.8 Å². The van der Waals surface area contributed by atoms with Gasteiger partial charge in [-0.05, 0) is 37.5 Å². The van der Waals surface area contributed by atoms with Crippen molar-refractivity contribution in [2.24, 2.45) is 17.8 Å². The molecule has 2 atom stereocenters. The number of rotatable bonds is 9. The Kier molecular flexibility index (Phi) is 7.05. The second-order valence-electron chi connectivity index (χ2n) is 5.72. The Morgan fingerprint density at radius 2 is 1.94 bits per heavy atom. The Labute approximate surface area is 115 Å². The van der Waals surface area contributed by atoms with Crippen LogP contribution in [0.25, 0.3) is 0 Å². The maximum absolute atomic E-state index is 5.24.